The molecule has 17 heavy (non-hydrogen) atoms. The summed E-state index contributed by atoms with van der Waals surface area (Å²) >= 11 is 1.80. The molecule has 3 saturated heterocycles. The fraction of sp³-hybridized carbons (Fsp3) is 0.917. The zero-order valence-corrected chi connectivity index (χ0v) is 11.3. The van der Waals surface area contributed by atoms with Crippen molar-refractivity contribution < 1.29 is 9.53 Å². The van der Waals surface area contributed by atoms with Gasteiger partial charge in [0.25, 0.3) is 0 Å². The van der Waals surface area contributed by atoms with E-state index in [1.807, 2.05) is 0 Å². The van der Waals surface area contributed by atoms with E-state index in [9.17, 15) is 4.79 Å². The van der Waals surface area contributed by atoms with Crippen LogP contribution in [0.4, 0.5) is 0 Å². The van der Waals surface area contributed by atoms with E-state index in [1.54, 1.807) is 11.8 Å². The van der Waals surface area contributed by atoms with Gasteiger partial charge in [-0.2, -0.15) is 0 Å². The van der Waals surface area contributed by atoms with E-state index in [2.05, 4.69) is 24.1 Å². The van der Waals surface area contributed by atoms with Crippen LogP contribution >= 0.6 is 11.8 Å². The maximum atomic E-state index is 11.8. The molecule has 0 aliphatic carbocycles. The fourth-order valence-electron chi connectivity index (χ4n) is 3.44. The van der Waals surface area contributed by atoms with Gasteiger partial charge in [-0.15, -0.1) is 11.8 Å². The Balaban J connectivity index is 1.88. The molecule has 0 bridgehead atoms. The molecular formula is C12H20N2O2S. The summed E-state index contributed by atoms with van der Waals surface area (Å²) in [6.07, 6.45) is 2.00. The van der Waals surface area contributed by atoms with Crippen molar-refractivity contribution in [3.8, 4) is 0 Å². The van der Waals surface area contributed by atoms with E-state index >= 15 is 0 Å². The predicted molar refractivity (Wildman–Crippen MR) is 68.0 cm³/mol. The number of hydrogen-bond donors (Lipinski definition) is 1. The minimum atomic E-state index is -0.0829. The summed E-state index contributed by atoms with van der Waals surface area (Å²) in [6, 6.07) is 0. The molecule has 3 heterocycles. The summed E-state index contributed by atoms with van der Waals surface area (Å²) in [6.45, 7) is 6.86. The molecule has 3 rings (SSSR count). The first-order valence-corrected chi connectivity index (χ1v) is 7.37. The van der Waals surface area contributed by atoms with Crippen molar-refractivity contribution in [2.75, 3.05) is 25.4 Å². The molecule has 5 heteroatoms. The molecule has 3 aliphatic heterocycles. The highest BCUT2D eigenvalue weighted by Gasteiger charge is 2.53. The average Bonchev–Trinajstić information content (AvgIpc) is 2.61. The number of amides is 1. The Hall–Kier alpha value is -0.260. The van der Waals surface area contributed by atoms with E-state index in [4.69, 9.17) is 4.74 Å². The highest BCUT2D eigenvalue weighted by molar-refractivity contribution is 8.01. The Kier molecular flexibility index (Phi) is 2.69. The quantitative estimate of drug-likeness (QED) is 0.697. The number of nitrogens with one attached hydrogen (secondary N) is 1. The first-order chi connectivity index (χ1) is 8.03. The monoisotopic (exact) mass is 256 g/mol. The van der Waals surface area contributed by atoms with Crippen LogP contribution in [-0.4, -0.2) is 52.8 Å². The Bertz CT molecular complexity index is 343. The molecule has 1 spiro atoms. The summed E-state index contributed by atoms with van der Waals surface area (Å²) in [7, 11) is 0. The van der Waals surface area contributed by atoms with Crippen LogP contribution in [0.1, 0.15) is 26.7 Å². The largest absolute Gasteiger partial charge is 0.375 e. The number of carbonyl (C=O) groups excluding carboxylic acids is 1. The highest BCUT2D eigenvalue weighted by atomic mass is 32.2. The van der Waals surface area contributed by atoms with E-state index in [-0.39, 0.29) is 11.1 Å². The molecular weight excluding hydrogens is 236 g/mol. The van der Waals surface area contributed by atoms with Gasteiger partial charge < -0.3 is 15.0 Å². The second-order valence-corrected chi connectivity index (χ2v) is 6.94. The van der Waals surface area contributed by atoms with Crippen molar-refractivity contribution in [2.24, 2.45) is 0 Å². The molecule has 3 fully saturated rings. The lowest BCUT2D eigenvalue weighted by atomic mass is 9.79. The van der Waals surface area contributed by atoms with Gasteiger partial charge in [0.05, 0.1) is 22.3 Å². The first-order valence-electron chi connectivity index (χ1n) is 6.33. The van der Waals surface area contributed by atoms with Crippen LogP contribution in [0, 0.1) is 0 Å². The van der Waals surface area contributed by atoms with Gasteiger partial charge in [-0.3, -0.25) is 4.79 Å². The Morgan fingerprint density at radius 1 is 1.53 bits per heavy atom. The lowest BCUT2D eigenvalue weighted by Gasteiger charge is -2.53. The molecule has 0 saturated carbocycles. The van der Waals surface area contributed by atoms with E-state index < -0.39 is 0 Å². The second-order valence-electron chi connectivity index (χ2n) is 5.87. The van der Waals surface area contributed by atoms with Crippen LogP contribution in [0.5, 0.6) is 0 Å². The van der Waals surface area contributed by atoms with Gasteiger partial charge >= 0.3 is 0 Å². The first kappa shape index (κ1) is 11.8. The van der Waals surface area contributed by atoms with Crippen molar-refractivity contribution in [1.82, 2.24) is 10.2 Å². The zero-order valence-electron chi connectivity index (χ0n) is 10.5. The molecule has 0 aromatic carbocycles. The van der Waals surface area contributed by atoms with Crippen molar-refractivity contribution >= 4 is 17.7 Å². The second kappa shape index (κ2) is 3.87. The Labute approximate surface area is 106 Å². The molecule has 0 radical (unpaired) electrons. The number of ether oxygens (including phenoxy) is 1. The molecule has 4 nitrogen and oxygen atoms in total. The molecule has 1 amide bonds. The summed E-state index contributed by atoms with van der Waals surface area (Å²) in [4.78, 5) is 13.9. The lowest BCUT2D eigenvalue weighted by molar-refractivity contribution is -0.136. The Morgan fingerprint density at radius 3 is 3.12 bits per heavy atom. The summed E-state index contributed by atoms with van der Waals surface area (Å²) < 4.78 is 5.82. The SMILES string of the molecule is CC1(C)C[C@]2(CCO1)NCCN1C(=O)CS[C@H]12. The van der Waals surface area contributed by atoms with Gasteiger partial charge in [-0.1, -0.05) is 0 Å². The third-order valence-corrected chi connectivity index (χ3v) is 5.49. The van der Waals surface area contributed by atoms with Gasteiger partial charge in [0.2, 0.25) is 5.91 Å². The Morgan fingerprint density at radius 2 is 2.35 bits per heavy atom. The van der Waals surface area contributed by atoms with E-state index in [0.29, 0.717) is 17.0 Å². The summed E-state index contributed by atoms with van der Waals surface area (Å²) in [5, 5.41) is 4.00. The summed E-state index contributed by atoms with van der Waals surface area (Å²) in [5.41, 5.74) is -0.0166. The van der Waals surface area contributed by atoms with Crippen molar-refractivity contribution in [1.29, 1.82) is 0 Å². The van der Waals surface area contributed by atoms with Crippen LogP contribution in [0.3, 0.4) is 0 Å². The van der Waals surface area contributed by atoms with Crippen molar-refractivity contribution in [2.45, 2.75) is 43.2 Å². The van der Waals surface area contributed by atoms with Crippen LogP contribution in [0.2, 0.25) is 0 Å². The van der Waals surface area contributed by atoms with Crippen LogP contribution in [0.15, 0.2) is 0 Å². The van der Waals surface area contributed by atoms with Crippen LogP contribution in [-0.2, 0) is 9.53 Å². The highest BCUT2D eigenvalue weighted by Crippen LogP contribution is 2.44. The van der Waals surface area contributed by atoms with E-state index in [1.165, 1.54) is 0 Å². The molecule has 0 aromatic rings. The maximum Gasteiger partial charge on any atom is 0.233 e. The van der Waals surface area contributed by atoms with Gasteiger partial charge in [-0.25, -0.2) is 0 Å². The van der Waals surface area contributed by atoms with Gasteiger partial charge in [-0.05, 0) is 26.7 Å². The number of carbonyl (C=O) groups is 1. The third-order valence-electron chi connectivity index (χ3n) is 4.05. The number of thioether (sulfide) groups is 1. The lowest BCUT2D eigenvalue weighted by Crippen LogP contribution is -2.68. The van der Waals surface area contributed by atoms with Crippen LogP contribution in [0.25, 0.3) is 0 Å². The van der Waals surface area contributed by atoms with Gasteiger partial charge in [0.15, 0.2) is 0 Å². The fourth-order valence-corrected chi connectivity index (χ4v) is 4.91. The van der Waals surface area contributed by atoms with Crippen molar-refractivity contribution in [3.63, 3.8) is 0 Å². The third kappa shape index (κ3) is 1.88. The number of fused-ring (bicyclic) bond motifs is 2. The number of hydrogen-bond acceptors (Lipinski definition) is 4. The smallest absolute Gasteiger partial charge is 0.233 e. The topological polar surface area (TPSA) is 41.6 Å². The minimum absolute atomic E-state index is 0.0663. The molecule has 1 N–H and O–H groups in total. The molecule has 96 valence electrons. The average molecular weight is 256 g/mol. The standard InChI is InChI=1S/C12H20N2O2S/c1-11(2)8-12(3-6-16-11)10-14(5-4-13-12)9(15)7-17-10/h10,13H,3-8H2,1-2H3/t10-,12-/m0/s1. The van der Waals surface area contributed by atoms with Crippen LogP contribution < -0.4 is 5.32 Å². The number of nitrogens with zero attached hydrogens (tertiary/aromatic N) is 1. The number of piperazine rings is 1. The minimum Gasteiger partial charge on any atom is -0.375 e. The molecule has 0 aromatic heterocycles. The van der Waals surface area contributed by atoms with E-state index in [0.717, 1.165) is 32.5 Å². The molecule has 0 unspecified atom stereocenters. The van der Waals surface area contributed by atoms with Gasteiger partial charge in [0.1, 0.15) is 0 Å². The van der Waals surface area contributed by atoms with Crippen molar-refractivity contribution in [3.05, 3.63) is 0 Å². The predicted octanol–water partition coefficient (Wildman–Crippen LogP) is 0.819. The number of rotatable bonds is 0. The zero-order chi connectivity index (χ0) is 12.1. The molecule has 2 atom stereocenters. The normalized spacial score (nSPS) is 40.7. The molecule has 3 aliphatic rings. The van der Waals surface area contributed by atoms with Gasteiger partial charge in [0, 0.05) is 19.7 Å². The maximum absolute atomic E-state index is 11.8. The summed E-state index contributed by atoms with van der Waals surface area (Å²) in [5.74, 6) is 0.959.